The first kappa shape index (κ1) is 13.5. The van der Waals surface area contributed by atoms with Crippen molar-refractivity contribution in [2.45, 2.75) is 17.1 Å². The van der Waals surface area contributed by atoms with Gasteiger partial charge in [0.15, 0.2) is 0 Å². The van der Waals surface area contributed by atoms with Crippen LogP contribution in [0.4, 0.5) is 0 Å². The number of hydrogen-bond donors (Lipinski definition) is 0. The summed E-state index contributed by atoms with van der Waals surface area (Å²) in [5.74, 6) is 0. The van der Waals surface area contributed by atoms with Crippen molar-refractivity contribution in [2.24, 2.45) is 4.99 Å². The Hall–Kier alpha value is 0.873. The van der Waals surface area contributed by atoms with Gasteiger partial charge in [-0.2, -0.15) is 0 Å². The Morgan fingerprint density at radius 3 is 2.10 bits per heavy atom. The Morgan fingerprint density at radius 1 is 1.50 bits per heavy atom. The van der Waals surface area contributed by atoms with E-state index in [0.717, 1.165) is 5.71 Å². The average Bonchev–Trinajstić information content (AvgIpc) is 1.82. The predicted octanol–water partition coefficient (Wildman–Crippen LogP) is 2.12. The Labute approximate surface area is 89.0 Å². The van der Waals surface area contributed by atoms with Crippen LogP contribution in [0.1, 0.15) is 13.8 Å². The molecule has 0 amide bonds. The second-order valence-corrected chi connectivity index (χ2v) is 4.72. The maximum absolute atomic E-state index is 4.37. The summed E-state index contributed by atoms with van der Waals surface area (Å²) in [6, 6.07) is 0. The Kier molecular flexibility index (Phi) is 6.31. The van der Waals surface area contributed by atoms with Crippen molar-refractivity contribution in [2.75, 3.05) is 0 Å². The van der Waals surface area contributed by atoms with Crippen LogP contribution in [-0.2, 0) is 24.7 Å². The molecule has 0 bridgehead atoms. The summed E-state index contributed by atoms with van der Waals surface area (Å²) in [5.41, 5.74) is 1.16. The monoisotopic (exact) mass is 256 g/mol. The summed E-state index contributed by atoms with van der Waals surface area (Å²) in [6.07, 6.45) is 4.23. The Balaban J connectivity index is 0. The van der Waals surface area contributed by atoms with Crippen molar-refractivity contribution >= 4 is 30.5 Å². The van der Waals surface area contributed by atoms with Crippen LogP contribution in [0.3, 0.4) is 0 Å². The van der Waals surface area contributed by atoms with Gasteiger partial charge in [0.2, 0.25) is 0 Å². The molecule has 1 aliphatic rings. The zero-order chi connectivity index (χ0) is 6.20. The van der Waals surface area contributed by atoms with Gasteiger partial charge in [-0.25, -0.2) is 0 Å². The van der Waals surface area contributed by atoms with E-state index in [2.05, 4.69) is 24.1 Å². The van der Waals surface area contributed by atoms with Crippen molar-refractivity contribution in [3.05, 3.63) is 12.2 Å². The van der Waals surface area contributed by atoms with Gasteiger partial charge in [-0.15, -0.1) is 24.8 Å². The third kappa shape index (κ3) is 3.90. The largest absolute Gasteiger partial charge is 0.147 e. The zero-order valence-corrected chi connectivity index (χ0v) is 10.0. The average molecular weight is 258 g/mol. The third-order valence-electron chi connectivity index (χ3n) is 1.06. The zero-order valence-electron chi connectivity index (χ0n) is 5.92. The molecule has 0 saturated heterocycles. The van der Waals surface area contributed by atoms with E-state index >= 15 is 0 Å². The summed E-state index contributed by atoms with van der Waals surface area (Å²) < 4.78 is 0.163. The quantitative estimate of drug-likeness (QED) is 0.631. The second kappa shape index (κ2) is 4.69. The fourth-order valence-electron chi connectivity index (χ4n) is 0.724. The SMILES string of the molecule is CC1=N[C](C)([Zr])C=C1.Cl.Cl. The van der Waals surface area contributed by atoms with Crippen molar-refractivity contribution in [1.29, 1.82) is 0 Å². The van der Waals surface area contributed by atoms with Crippen LogP contribution in [-0.4, -0.2) is 8.96 Å². The van der Waals surface area contributed by atoms with Gasteiger partial charge in [-0.1, -0.05) is 0 Å². The smallest absolute Gasteiger partial charge is 0.147 e. The van der Waals surface area contributed by atoms with E-state index in [-0.39, 0.29) is 28.1 Å². The van der Waals surface area contributed by atoms with Crippen molar-refractivity contribution in [3.63, 3.8) is 0 Å². The van der Waals surface area contributed by atoms with Crippen molar-refractivity contribution < 1.29 is 24.7 Å². The van der Waals surface area contributed by atoms with Crippen molar-refractivity contribution in [3.8, 4) is 0 Å². The van der Waals surface area contributed by atoms with E-state index in [1.807, 2.05) is 6.92 Å². The number of rotatable bonds is 0. The molecule has 1 heterocycles. The molecule has 57 valence electrons. The molecular weight excluding hydrogens is 248 g/mol. The van der Waals surface area contributed by atoms with Gasteiger partial charge in [0, 0.05) is 0 Å². The normalized spacial score (nSPS) is 28.3. The molecule has 0 aromatic heterocycles. The summed E-state index contributed by atoms with van der Waals surface area (Å²) in [5, 5.41) is 0. The van der Waals surface area contributed by atoms with E-state index in [9.17, 15) is 0 Å². The van der Waals surface area contributed by atoms with Gasteiger partial charge in [0.1, 0.15) is 0 Å². The minimum atomic E-state index is 0. The number of hydrogen-bond acceptors (Lipinski definition) is 1. The van der Waals surface area contributed by atoms with Gasteiger partial charge in [-0.05, 0) is 0 Å². The second-order valence-electron chi connectivity index (χ2n) is 2.23. The molecule has 1 nitrogen and oxygen atoms in total. The molecule has 1 atom stereocenters. The van der Waals surface area contributed by atoms with E-state index in [4.69, 9.17) is 0 Å². The molecule has 10 heavy (non-hydrogen) atoms. The number of aliphatic imine (C=N–C) groups is 1. The number of nitrogens with zero attached hydrogens (tertiary/aromatic N) is 1. The molecule has 4 heteroatoms. The first-order chi connectivity index (χ1) is 3.60. The summed E-state index contributed by atoms with van der Waals surface area (Å²) >= 11 is 1.47. The maximum Gasteiger partial charge on any atom is -0.147 e. The topological polar surface area (TPSA) is 12.4 Å². The van der Waals surface area contributed by atoms with Crippen LogP contribution in [0.25, 0.3) is 0 Å². The predicted molar refractivity (Wildman–Crippen MR) is 45.2 cm³/mol. The van der Waals surface area contributed by atoms with E-state index in [0.29, 0.717) is 0 Å². The fraction of sp³-hybridized carbons (Fsp3) is 0.500. The van der Waals surface area contributed by atoms with Gasteiger partial charge < -0.3 is 0 Å². The molecule has 0 aromatic rings. The Morgan fingerprint density at radius 2 is 2.00 bits per heavy atom. The molecule has 0 spiro atoms. The summed E-state index contributed by atoms with van der Waals surface area (Å²) in [7, 11) is 0. The fourth-order valence-corrected chi connectivity index (χ4v) is 1.36. The summed E-state index contributed by atoms with van der Waals surface area (Å²) in [4.78, 5) is 4.37. The van der Waals surface area contributed by atoms with E-state index < -0.39 is 0 Å². The first-order valence-electron chi connectivity index (χ1n) is 2.61. The van der Waals surface area contributed by atoms with Crippen LogP contribution in [0.5, 0.6) is 0 Å². The first-order valence-corrected chi connectivity index (χ1v) is 3.84. The molecular formula is C6H10Cl2NZr. The van der Waals surface area contributed by atoms with Crippen LogP contribution >= 0.6 is 24.8 Å². The van der Waals surface area contributed by atoms with Crippen LogP contribution in [0, 0.1) is 0 Å². The molecule has 0 aromatic carbocycles. The molecule has 0 fully saturated rings. The standard InChI is InChI=1S/C6H8N.2ClH.Zr/c1-5-3-4-6(2)7-5;;;/h3-4H,1-2H3;2*1H;. The van der Waals surface area contributed by atoms with Crippen LogP contribution in [0.15, 0.2) is 17.1 Å². The van der Waals surface area contributed by atoms with Gasteiger partial charge in [0.25, 0.3) is 0 Å². The molecule has 0 saturated carbocycles. The van der Waals surface area contributed by atoms with Crippen molar-refractivity contribution in [1.82, 2.24) is 0 Å². The van der Waals surface area contributed by atoms with Gasteiger partial charge in [0.05, 0.1) is 0 Å². The maximum atomic E-state index is 4.37. The summed E-state index contributed by atoms with van der Waals surface area (Å²) in [6.45, 7) is 4.17. The molecule has 0 N–H and O–H groups in total. The van der Waals surface area contributed by atoms with E-state index in [1.54, 1.807) is 0 Å². The Bertz CT molecular complexity index is 163. The van der Waals surface area contributed by atoms with Crippen LogP contribution < -0.4 is 0 Å². The minimum absolute atomic E-state index is 0. The molecule has 1 unspecified atom stereocenters. The molecule has 0 radical (unpaired) electrons. The third-order valence-corrected chi connectivity index (χ3v) is 1.74. The minimum Gasteiger partial charge on any atom is -0.147 e. The van der Waals surface area contributed by atoms with E-state index in [1.165, 1.54) is 24.7 Å². The number of halogens is 2. The van der Waals surface area contributed by atoms with Gasteiger partial charge in [-0.3, -0.25) is 0 Å². The number of allylic oxidation sites excluding steroid dienone is 1. The molecule has 1 aliphatic heterocycles. The molecule has 1 rings (SSSR count). The van der Waals surface area contributed by atoms with Gasteiger partial charge >= 0.3 is 64.7 Å². The van der Waals surface area contributed by atoms with Crippen LogP contribution in [0.2, 0.25) is 0 Å². The molecule has 0 aliphatic carbocycles.